The van der Waals surface area contributed by atoms with Crippen LogP contribution in [0.2, 0.25) is 0 Å². The molecule has 0 aromatic carbocycles. The quantitative estimate of drug-likeness (QED) is 0.903. The lowest BCUT2D eigenvalue weighted by Gasteiger charge is -2.19. The zero-order valence-electron chi connectivity index (χ0n) is 12.3. The molecule has 1 amide bonds. The molecule has 0 aliphatic carbocycles. The number of aromatic nitrogens is 3. The fourth-order valence-electron chi connectivity index (χ4n) is 2.52. The van der Waals surface area contributed by atoms with Gasteiger partial charge in [-0.3, -0.25) is 9.78 Å². The van der Waals surface area contributed by atoms with Crippen molar-refractivity contribution in [2.45, 2.75) is 12.5 Å². The minimum absolute atomic E-state index is 0.0689. The summed E-state index contributed by atoms with van der Waals surface area (Å²) in [6, 6.07) is 3.57. The molecular formula is C15H17N5O2. The van der Waals surface area contributed by atoms with Crippen molar-refractivity contribution >= 4 is 11.7 Å². The first-order chi connectivity index (χ1) is 10.8. The highest BCUT2D eigenvalue weighted by atomic mass is 16.5. The Balaban J connectivity index is 1.64. The van der Waals surface area contributed by atoms with E-state index in [9.17, 15) is 4.79 Å². The molecule has 114 valence electrons. The summed E-state index contributed by atoms with van der Waals surface area (Å²) in [4.78, 5) is 26.6. The monoisotopic (exact) mass is 299 g/mol. The van der Waals surface area contributed by atoms with Gasteiger partial charge >= 0.3 is 0 Å². The highest BCUT2D eigenvalue weighted by Gasteiger charge is 2.27. The molecule has 3 rings (SSSR count). The van der Waals surface area contributed by atoms with E-state index in [1.54, 1.807) is 44.0 Å². The Bertz CT molecular complexity index is 649. The molecule has 3 heterocycles. The fraction of sp³-hybridized carbons (Fsp3) is 0.333. The molecule has 0 bridgehead atoms. The minimum atomic E-state index is -0.105. The molecule has 1 saturated heterocycles. The van der Waals surface area contributed by atoms with Crippen LogP contribution in [-0.2, 0) is 0 Å². The second kappa shape index (κ2) is 6.38. The van der Waals surface area contributed by atoms with Crippen molar-refractivity contribution in [3.63, 3.8) is 0 Å². The van der Waals surface area contributed by atoms with Crippen molar-refractivity contribution < 1.29 is 9.53 Å². The van der Waals surface area contributed by atoms with Crippen molar-refractivity contribution in [1.29, 1.82) is 0 Å². The molecule has 22 heavy (non-hydrogen) atoms. The molecule has 2 aromatic heterocycles. The molecule has 7 nitrogen and oxygen atoms in total. The van der Waals surface area contributed by atoms with Crippen LogP contribution in [0.15, 0.2) is 36.9 Å². The molecule has 1 aliphatic rings. The van der Waals surface area contributed by atoms with Gasteiger partial charge in [0, 0.05) is 43.9 Å². The van der Waals surface area contributed by atoms with E-state index in [4.69, 9.17) is 4.74 Å². The fourth-order valence-corrected chi connectivity index (χ4v) is 2.52. The van der Waals surface area contributed by atoms with Crippen molar-refractivity contribution in [1.82, 2.24) is 20.3 Å². The van der Waals surface area contributed by atoms with E-state index >= 15 is 0 Å². The summed E-state index contributed by atoms with van der Waals surface area (Å²) in [6.45, 7) is 1.48. The average Bonchev–Trinajstić information content (AvgIpc) is 3.04. The SMILES string of the molecule is COc1nccnc1N1CC[C@H](NC(=O)c2cccnc2)C1. The van der Waals surface area contributed by atoms with Crippen LogP contribution in [0.5, 0.6) is 5.88 Å². The molecule has 0 spiro atoms. The molecule has 1 fully saturated rings. The summed E-state index contributed by atoms with van der Waals surface area (Å²) in [6.07, 6.45) is 7.30. The lowest BCUT2D eigenvalue weighted by molar-refractivity contribution is 0.0940. The van der Waals surface area contributed by atoms with Crippen molar-refractivity contribution in [3.8, 4) is 5.88 Å². The molecule has 0 unspecified atom stereocenters. The van der Waals surface area contributed by atoms with Crippen LogP contribution in [0, 0.1) is 0 Å². The van der Waals surface area contributed by atoms with E-state index in [-0.39, 0.29) is 11.9 Å². The minimum Gasteiger partial charge on any atom is -0.478 e. The number of nitrogens with one attached hydrogen (secondary N) is 1. The van der Waals surface area contributed by atoms with Crippen LogP contribution >= 0.6 is 0 Å². The Morgan fingerprint density at radius 2 is 2.23 bits per heavy atom. The van der Waals surface area contributed by atoms with Gasteiger partial charge in [-0.1, -0.05) is 0 Å². The van der Waals surface area contributed by atoms with E-state index < -0.39 is 0 Å². The molecule has 1 N–H and O–H groups in total. The number of rotatable bonds is 4. The molecule has 0 radical (unpaired) electrons. The second-order valence-corrected chi connectivity index (χ2v) is 5.04. The third kappa shape index (κ3) is 2.98. The number of ether oxygens (including phenoxy) is 1. The van der Waals surface area contributed by atoms with Crippen molar-refractivity contribution in [2.75, 3.05) is 25.1 Å². The Morgan fingerprint density at radius 3 is 3.00 bits per heavy atom. The lowest BCUT2D eigenvalue weighted by atomic mass is 10.2. The van der Waals surface area contributed by atoms with Crippen LogP contribution in [0.25, 0.3) is 0 Å². The van der Waals surface area contributed by atoms with E-state index in [1.165, 1.54) is 0 Å². The topological polar surface area (TPSA) is 80.2 Å². The predicted molar refractivity (Wildman–Crippen MR) is 80.9 cm³/mol. The zero-order valence-corrected chi connectivity index (χ0v) is 12.3. The Morgan fingerprint density at radius 1 is 1.36 bits per heavy atom. The summed E-state index contributed by atoms with van der Waals surface area (Å²) < 4.78 is 5.23. The standard InChI is InChI=1S/C15H17N5O2/c1-22-15-13(17-6-7-18-15)20-8-4-12(10-20)19-14(21)11-3-2-5-16-9-11/h2-3,5-7,9,12H,4,8,10H2,1H3,(H,19,21)/t12-/m0/s1. The average molecular weight is 299 g/mol. The Labute approximate surface area is 128 Å². The molecule has 2 aromatic rings. The van der Waals surface area contributed by atoms with Gasteiger partial charge in [0.2, 0.25) is 0 Å². The first kappa shape index (κ1) is 14.2. The molecular weight excluding hydrogens is 282 g/mol. The molecule has 7 heteroatoms. The van der Waals surface area contributed by atoms with Gasteiger partial charge in [0.1, 0.15) is 0 Å². The molecule has 1 atom stereocenters. The first-order valence-electron chi connectivity index (χ1n) is 7.09. The number of hydrogen-bond donors (Lipinski definition) is 1. The largest absolute Gasteiger partial charge is 0.478 e. The van der Waals surface area contributed by atoms with Gasteiger partial charge < -0.3 is 15.0 Å². The van der Waals surface area contributed by atoms with E-state index in [0.29, 0.717) is 23.8 Å². The Hall–Kier alpha value is -2.70. The highest BCUT2D eigenvalue weighted by molar-refractivity contribution is 5.94. The maximum absolute atomic E-state index is 12.1. The number of hydrogen-bond acceptors (Lipinski definition) is 6. The number of nitrogens with zero attached hydrogens (tertiary/aromatic N) is 4. The number of carbonyl (C=O) groups excluding carboxylic acids is 1. The number of carbonyl (C=O) groups is 1. The van der Waals surface area contributed by atoms with Crippen molar-refractivity contribution in [3.05, 3.63) is 42.5 Å². The van der Waals surface area contributed by atoms with Gasteiger partial charge in [-0.2, -0.15) is 0 Å². The summed E-state index contributed by atoms with van der Waals surface area (Å²) in [5, 5.41) is 3.02. The second-order valence-electron chi connectivity index (χ2n) is 5.04. The smallest absolute Gasteiger partial charge is 0.257 e. The first-order valence-corrected chi connectivity index (χ1v) is 7.09. The number of pyridine rings is 1. The summed E-state index contributed by atoms with van der Waals surface area (Å²) in [7, 11) is 1.57. The number of methoxy groups -OCH3 is 1. The van der Waals surface area contributed by atoms with Gasteiger partial charge in [-0.05, 0) is 18.6 Å². The van der Waals surface area contributed by atoms with Crippen LogP contribution < -0.4 is 15.0 Å². The van der Waals surface area contributed by atoms with Crippen LogP contribution in [0.3, 0.4) is 0 Å². The van der Waals surface area contributed by atoms with Gasteiger partial charge in [0.05, 0.1) is 12.7 Å². The van der Waals surface area contributed by atoms with E-state index in [1.807, 2.05) is 0 Å². The number of amides is 1. The third-order valence-electron chi connectivity index (χ3n) is 3.59. The van der Waals surface area contributed by atoms with E-state index in [0.717, 1.165) is 13.0 Å². The summed E-state index contributed by atoms with van der Waals surface area (Å²) >= 11 is 0. The third-order valence-corrected chi connectivity index (χ3v) is 3.59. The van der Waals surface area contributed by atoms with Crippen LogP contribution in [-0.4, -0.2) is 47.1 Å². The maximum atomic E-state index is 12.1. The van der Waals surface area contributed by atoms with Gasteiger partial charge in [0.15, 0.2) is 5.82 Å². The van der Waals surface area contributed by atoms with Gasteiger partial charge in [-0.15, -0.1) is 0 Å². The lowest BCUT2D eigenvalue weighted by Crippen LogP contribution is -2.37. The summed E-state index contributed by atoms with van der Waals surface area (Å²) in [5.74, 6) is 1.11. The zero-order chi connectivity index (χ0) is 15.4. The van der Waals surface area contributed by atoms with Crippen LogP contribution in [0.1, 0.15) is 16.8 Å². The predicted octanol–water partition coefficient (Wildman–Crippen LogP) is 0.889. The molecule has 1 aliphatic heterocycles. The maximum Gasteiger partial charge on any atom is 0.257 e. The van der Waals surface area contributed by atoms with E-state index in [2.05, 4.69) is 25.2 Å². The summed E-state index contributed by atoms with van der Waals surface area (Å²) in [5.41, 5.74) is 0.568. The van der Waals surface area contributed by atoms with Crippen molar-refractivity contribution in [2.24, 2.45) is 0 Å². The highest BCUT2D eigenvalue weighted by Crippen LogP contribution is 2.25. The normalized spacial score (nSPS) is 17.3. The number of anilines is 1. The van der Waals surface area contributed by atoms with Crippen LogP contribution in [0.4, 0.5) is 5.82 Å². The molecule has 0 saturated carbocycles. The van der Waals surface area contributed by atoms with Gasteiger partial charge in [-0.25, -0.2) is 9.97 Å². The Kier molecular flexibility index (Phi) is 4.13. The van der Waals surface area contributed by atoms with Gasteiger partial charge in [0.25, 0.3) is 11.8 Å².